The van der Waals surface area contributed by atoms with Gasteiger partial charge in [-0.3, -0.25) is 5.32 Å². The third kappa shape index (κ3) is 4.76. The molecule has 1 atom stereocenters. The van der Waals surface area contributed by atoms with Crippen molar-refractivity contribution in [1.29, 1.82) is 0 Å². The molecule has 0 radical (unpaired) electrons. The standard InChI is InChI=1S/C22H21ClFN7OS/c23-14-7-15-16(10-27-19(15)26-9-14)20-28-11-17(24)21(30-20)25-8-13-3-1-5-31(12-13)22(32)29-18-4-2-6-33-18/h2,4,6-7,9-11,13H,1,3,5,8,12H2,(H,26,27)(H,29,32)(H,25,28,30). The van der Waals surface area contributed by atoms with Gasteiger partial charge >= 0.3 is 6.03 Å². The van der Waals surface area contributed by atoms with Crippen LogP contribution in [-0.4, -0.2) is 50.5 Å². The van der Waals surface area contributed by atoms with Crippen LogP contribution in [0, 0.1) is 11.7 Å². The largest absolute Gasteiger partial charge is 0.367 e. The lowest BCUT2D eigenvalue weighted by molar-refractivity contribution is 0.180. The van der Waals surface area contributed by atoms with E-state index in [1.165, 1.54) is 11.3 Å². The fourth-order valence-electron chi connectivity index (χ4n) is 3.98. The third-order valence-corrected chi connectivity index (χ3v) is 6.59. The van der Waals surface area contributed by atoms with E-state index in [-0.39, 0.29) is 17.8 Å². The molecule has 1 aliphatic rings. The van der Waals surface area contributed by atoms with Crippen molar-refractivity contribution >= 4 is 50.8 Å². The number of urea groups is 1. The topological polar surface area (TPSA) is 98.8 Å². The first-order valence-corrected chi connectivity index (χ1v) is 11.8. The molecule has 1 aliphatic heterocycles. The van der Waals surface area contributed by atoms with Crippen LogP contribution in [0.25, 0.3) is 22.4 Å². The first-order valence-electron chi connectivity index (χ1n) is 10.6. The maximum atomic E-state index is 14.5. The van der Waals surface area contributed by atoms with Crippen LogP contribution in [0.2, 0.25) is 5.02 Å². The summed E-state index contributed by atoms with van der Waals surface area (Å²) in [4.78, 5) is 30.2. The normalized spacial score (nSPS) is 16.2. The van der Waals surface area contributed by atoms with Gasteiger partial charge in [-0.1, -0.05) is 11.6 Å². The van der Waals surface area contributed by atoms with Crippen molar-refractivity contribution in [3.05, 3.63) is 53.0 Å². The van der Waals surface area contributed by atoms with Gasteiger partial charge in [0.25, 0.3) is 0 Å². The molecule has 0 aromatic carbocycles. The van der Waals surface area contributed by atoms with Gasteiger partial charge in [-0.2, -0.15) is 0 Å². The lowest BCUT2D eigenvalue weighted by Gasteiger charge is -2.32. The second kappa shape index (κ2) is 9.32. The van der Waals surface area contributed by atoms with Gasteiger partial charge in [0, 0.05) is 43.0 Å². The fourth-order valence-corrected chi connectivity index (χ4v) is 4.74. The number of H-pyrrole nitrogens is 1. The number of aromatic nitrogens is 4. The fraction of sp³-hybridized carbons (Fsp3) is 0.273. The zero-order chi connectivity index (χ0) is 22.8. The Morgan fingerprint density at radius 3 is 3.12 bits per heavy atom. The third-order valence-electron chi connectivity index (χ3n) is 5.60. The van der Waals surface area contributed by atoms with Gasteiger partial charge in [0.05, 0.1) is 16.2 Å². The van der Waals surface area contributed by atoms with Crippen molar-refractivity contribution < 1.29 is 9.18 Å². The van der Waals surface area contributed by atoms with E-state index in [1.807, 2.05) is 17.5 Å². The minimum atomic E-state index is -0.530. The van der Waals surface area contributed by atoms with Crippen LogP contribution in [0.5, 0.6) is 0 Å². The molecule has 5 rings (SSSR count). The molecule has 8 nitrogen and oxygen atoms in total. The van der Waals surface area contributed by atoms with Crippen molar-refractivity contribution in [1.82, 2.24) is 24.8 Å². The molecule has 11 heteroatoms. The first-order chi connectivity index (χ1) is 16.1. The number of fused-ring (bicyclic) bond motifs is 1. The zero-order valence-electron chi connectivity index (χ0n) is 17.5. The first kappa shape index (κ1) is 21.6. The SMILES string of the molecule is O=C(Nc1cccs1)N1CCCC(CNc2nc(-c3c[nH]c4ncc(Cl)cc34)ncc2F)C1. The lowest BCUT2D eigenvalue weighted by atomic mass is 9.98. The number of piperidine rings is 1. The van der Waals surface area contributed by atoms with Crippen molar-refractivity contribution in [2.24, 2.45) is 5.92 Å². The summed E-state index contributed by atoms with van der Waals surface area (Å²) in [6.07, 6.45) is 6.28. The highest BCUT2D eigenvalue weighted by Gasteiger charge is 2.24. The van der Waals surface area contributed by atoms with E-state index >= 15 is 0 Å². The average molecular weight is 486 g/mol. The summed E-state index contributed by atoms with van der Waals surface area (Å²) in [7, 11) is 0. The number of halogens is 2. The van der Waals surface area contributed by atoms with Gasteiger partial charge in [0.1, 0.15) is 5.65 Å². The van der Waals surface area contributed by atoms with E-state index in [1.54, 1.807) is 23.4 Å². The van der Waals surface area contributed by atoms with E-state index in [0.717, 1.165) is 29.4 Å². The van der Waals surface area contributed by atoms with Crippen LogP contribution >= 0.6 is 22.9 Å². The van der Waals surface area contributed by atoms with Gasteiger partial charge in [0.15, 0.2) is 17.5 Å². The molecular weight excluding hydrogens is 465 g/mol. The molecule has 0 aliphatic carbocycles. The summed E-state index contributed by atoms with van der Waals surface area (Å²) in [5.74, 6) is 0.152. The molecule has 4 aromatic rings. The molecule has 170 valence electrons. The molecule has 0 spiro atoms. The van der Waals surface area contributed by atoms with Crippen LogP contribution in [0.4, 0.5) is 20.0 Å². The molecule has 3 N–H and O–H groups in total. The van der Waals surface area contributed by atoms with E-state index in [4.69, 9.17) is 11.6 Å². The summed E-state index contributed by atoms with van der Waals surface area (Å²) in [6, 6.07) is 5.44. The highest BCUT2D eigenvalue weighted by Crippen LogP contribution is 2.28. The maximum absolute atomic E-state index is 14.5. The van der Waals surface area contributed by atoms with Crippen LogP contribution < -0.4 is 10.6 Å². The highest BCUT2D eigenvalue weighted by atomic mass is 35.5. The molecule has 1 saturated heterocycles. The van der Waals surface area contributed by atoms with Gasteiger partial charge in [0.2, 0.25) is 0 Å². The summed E-state index contributed by atoms with van der Waals surface area (Å²) in [5.41, 5.74) is 1.34. The molecule has 0 bridgehead atoms. The molecule has 0 saturated carbocycles. The van der Waals surface area contributed by atoms with Crippen LogP contribution in [0.1, 0.15) is 12.8 Å². The molecule has 1 unspecified atom stereocenters. The number of carbonyl (C=O) groups excluding carboxylic acids is 1. The maximum Gasteiger partial charge on any atom is 0.322 e. The van der Waals surface area contributed by atoms with E-state index in [0.29, 0.717) is 41.7 Å². The Bertz CT molecular complexity index is 1280. The number of likely N-dealkylation sites (tertiary alicyclic amines) is 1. The molecule has 1 fully saturated rings. The van der Waals surface area contributed by atoms with Crippen molar-refractivity contribution in [3.63, 3.8) is 0 Å². The minimum absolute atomic E-state index is 0.107. The van der Waals surface area contributed by atoms with Crippen molar-refractivity contribution in [2.75, 3.05) is 30.3 Å². The molecule has 4 aromatic heterocycles. The number of thiophene rings is 1. The number of carbonyl (C=O) groups is 1. The number of nitrogens with one attached hydrogen (secondary N) is 3. The van der Waals surface area contributed by atoms with Crippen LogP contribution in [0.3, 0.4) is 0 Å². The van der Waals surface area contributed by atoms with E-state index in [2.05, 4.69) is 30.6 Å². The van der Waals surface area contributed by atoms with E-state index < -0.39 is 5.82 Å². The molecule has 2 amide bonds. The van der Waals surface area contributed by atoms with Crippen LogP contribution in [0.15, 0.2) is 42.2 Å². The second-order valence-corrected chi connectivity index (χ2v) is 9.27. The Kier molecular flexibility index (Phi) is 6.10. The average Bonchev–Trinajstić information content (AvgIpc) is 3.48. The van der Waals surface area contributed by atoms with Crippen molar-refractivity contribution in [3.8, 4) is 11.4 Å². The number of amides is 2. The summed E-state index contributed by atoms with van der Waals surface area (Å²) >= 11 is 7.57. The zero-order valence-corrected chi connectivity index (χ0v) is 19.1. The van der Waals surface area contributed by atoms with Gasteiger partial charge in [-0.25, -0.2) is 24.1 Å². The quantitative estimate of drug-likeness (QED) is 0.359. The number of hydrogen-bond acceptors (Lipinski definition) is 6. The second-order valence-electron chi connectivity index (χ2n) is 7.88. The number of rotatable bonds is 5. The number of nitrogens with zero attached hydrogens (tertiary/aromatic N) is 4. The predicted octanol–water partition coefficient (Wildman–Crippen LogP) is 5.23. The van der Waals surface area contributed by atoms with E-state index in [9.17, 15) is 9.18 Å². The Morgan fingerprint density at radius 2 is 2.27 bits per heavy atom. The van der Waals surface area contributed by atoms with Gasteiger partial charge in [-0.15, -0.1) is 11.3 Å². The molecular formula is C22H21ClFN7OS. The smallest absolute Gasteiger partial charge is 0.322 e. The van der Waals surface area contributed by atoms with Crippen molar-refractivity contribution in [2.45, 2.75) is 12.8 Å². The molecule has 33 heavy (non-hydrogen) atoms. The lowest BCUT2D eigenvalue weighted by Crippen LogP contribution is -2.43. The molecule has 5 heterocycles. The number of hydrogen-bond donors (Lipinski definition) is 3. The Morgan fingerprint density at radius 1 is 1.36 bits per heavy atom. The Hall–Kier alpha value is -3.24. The summed E-state index contributed by atoms with van der Waals surface area (Å²) in [5, 5.41) is 10.0. The van der Waals surface area contributed by atoms with Gasteiger partial charge < -0.3 is 15.2 Å². The summed E-state index contributed by atoms with van der Waals surface area (Å²) in [6.45, 7) is 1.80. The number of aromatic amines is 1. The monoisotopic (exact) mass is 485 g/mol. The summed E-state index contributed by atoms with van der Waals surface area (Å²) < 4.78 is 14.5. The number of anilines is 2. The van der Waals surface area contributed by atoms with Crippen LogP contribution in [-0.2, 0) is 0 Å². The predicted molar refractivity (Wildman–Crippen MR) is 128 cm³/mol. The highest BCUT2D eigenvalue weighted by molar-refractivity contribution is 7.14. The Balaban J connectivity index is 1.26. The number of pyridine rings is 1. The Labute approximate surface area is 198 Å². The minimum Gasteiger partial charge on any atom is -0.367 e. The van der Waals surface area contributed by atoms with Gasteiger partial charge in [-0.05, 0) is 42.3 Å².